The highest BCUT2D eigenvalue weighted by atomic mass is 16.3. The summed E-state index contributed by atoms with van der Waals surface area (Å²) in [5.41, 5.74) is 4.11. The van der Waals surface area contributed by atoms with E-state index in [2.05, 4.69) is 0 Å². The second-order valence-corrected chi connectivity index (χ2v) is 6.11. The lowest BCUT2D eigenvalue weighted by Gasteiger charge is -2.13. The van der Waals surface area contributed by atoms with E-state index in [-0.39, 0.29) is 23.9 Å². The molecule has 0 unspecified atom stereocenters. The van der Waals surface area contributed by atoms with Crippen LogP contribution in [-0.2, 0) is 19.4 Å². The maximum atomic E-state index is 10.7. The van der Waals surface area contributed by atoms with E-state index >= 15 is 0 Å². The fourth-order valence-electron chi connectivity index (χ4n) is 2.86. The molecule has 0 radical (unpaired) electrons. The Bertz CT molecular complexity index is 784. The van der Waals surface area contributed by atoms with E-state index in [1.54, 1.807) is 60.7 Å². The van der Waals surface area contributed by atoms with E-state index in [1.165, 1.54) is 0 Å². The van der Waals surface area contributed by atoms with Crippen LogP contribution in [0.3, 0.4) is 0 Å². The highest BCUT2D eigenvalue weighted by Gasteiger charge is 2.12. The van der Waals surface area contributed by atoms with E-state index in [1.807, 2.05) is 0 Å². The number of rotatable bonds is 5. The summed E-state index contributed by atoms with van der Waals surface area (Å²) in [6.07, 6.45) is 1.01. The van der Waals surface area contributed by atoms with Crippen molar-refractivity contribution in [1.82, 2.24) is 0 Å². The van der Waals surface area contributed by atoms with Gasteiger partial charge in [0.05, 0.1) is 6.61 Å². The van der Waals surface area contributed by atoms with E-state index in [4.69, 9.17) is 0 Å². The van der Waals surface area contributed by atoms with Crippen LogP contribution in [0.5, 0.6) is 17.2 Å². The Balaban J connectivity index is 1.92. The molecule has 3 aromatic carbocycles. The Morgan fingerprint density at radius 2 is 0.960 bits per heavy atom. The van der Waals surface area contributed by atoms with Crippen molar-refractivity contribution in [2.75, 3.05) is 0 Å². The second-order valence-electron chi connectivity index (χ2n) is 6.11. The molecule has 0 saturated heterocycles. The molecule has 0 bridgehead atoms. The maximum absolute atomic E-state index is 10.7. The van der Waals surface area contributed by atoms with Gasteiger partial charge in [-0.15, -0.1) is 0 Å². The minimum absolute atomic E-state index is 0.106. The minimum atomic E-state index is -0.106. The molecule has 0 saturated carbocycles. The van der Waals surface area contributed by atoms with E-state index < -0.39 is 0 Å². The van der Waals surface area contributed by atoms with Gasteiger partial charge in [-0.1, -0.05) is 24.3 Å². The van der Waals surface area contributed by atoms with Crippen LogP contribution in [0.2, 0.25) is 0 Å². The lowest BCUT2D eigenvalue weighted by atomic mass is 9.95. The lowest BCUT2D eigenvalue weighted by molar-refractivity contribution is 0.281. The molecule has 4 heteroatoms. The molecule has 0 heterocycles. The Morgan fingerprint density at radius 1 is 0.560 bits per heavy atom. The summed E-state index contributed by atoms with van der Waals surface area (Å²) in [5.74, 6) is 0.605. The minimum Gasteiger partial charge on any atom is -0.508 e. The van der Waals surface area contributed by atoms with Crippen molar-refractivity contribution in [2.45, 2.75) is 19.4 Å². The SMILES string of the molecule is OCc1cc(Cc2ccc(O)cc2)c(O)c(Cc2ccc(O)cc2)c1. The van der Waals surface area contributed by atoms with Gasteiger partial charge in [0, 0.05) is 12.8 Å². The average Bonchev–Trinajstić information content (AvgIpc) is 2.62. The smallest absolute Gasteiger partial charge is 0.122 e. The maximum Gasteiger partial charge on any atom is 0.122 e. The van der Waals surface area contributed by atoms with Crippen LogP contribution in [0.1, 0.15) is 27.8 Å². The van der Waals surface area contributed by atoms with Crippen LogP contribution >= 0.6 is 0 Å². The molecule has 25 heavy (non-hydrogen) atoms. The van der Waals surface area contributed by atoms with Crippen LogP contribution in [-0.4, -0.2) is 20.4 Å². The number of aliphatic hydroxyl groups is 1. The van der Waals surface area contributed by atoms with Crippen LogP contribution < -0.4 is 0 Å². The Hall–Kier alpha value is -2.98. The quantitative estimate of drug-likeness (QED) is 0.575. The molecule has 4 nitrogen and oxygen atoms in total. The number of phenolic OH excluding ortho intramolecular Hbond substituents is 3. The molecule has 128 valence electrons. The number of aromatic hydroxyl groups is 3. The molecule has 0 amide bonds. The zero-order valence-corrected chi connectivity index (χ0v) is 13.7. The van der Waals surface area contributed by atoms with Gasteiger partial charge < -0.3 is 20.4 Å². The highest BCUT2D eigenvalue weighted by Crippen LogP contribution is 2.30. The Labute approximate surface area is 146 Å². The molecular formula is C21H20O4. The summed E-state index contributed by atoms with van der Waals surface area (Å²) in [4.78, 5) is 0. The topological polar surface area (TPSA) is 80.9 Å². The fraction of sp³-hybridized carbons (Fsp3) is 0.143. The fourth-order valence-corrected chi connectivity index (χ4v) is 2.86. The molecule has 0 atom stereocenters. The molecule has 0 aliphatic heterocycles. The van der Waals surface area contributed by atoms with Crippen molar-refractivity contribution in [1.29, 1.82) is 0 Å². The van der Waals surface area contributed by atoms with Gasteiger partial charge in [0.25, 0.3) is 0 Å². The first-order valence-corrected chi connectivity index (χ1v) is 8.05. The summed E-state index contributed by atoms with van der Waals surface area (Å²) in [7, 11) is 0. The van der Waals surface area contributed by atoms with Gasteiger partial charge in [-0.05, 0) is 64.2 Å². The molecule has 0 aliphatic carbocycles. The Morgan fingerprint density at radius 3 is 1.32 bits per heavy atom. The standard InChI is InChI=1S/C21H20O4/c22-13-16-11-17(9-14-1-5-19(23)6-2-14)21(25)18(12-16)10-15-3-7-20(24)8-4-15/h1-8,11-12,22-25H,9-10,13H2. The third kappa shape index (κ3) is 4.11. The summed E-state index contributed by atoms with van der Waals surface area (Å²) in [6.45, 7) is -0.106. The first kappa shape index (κ1) is 16.9. The third-order valence-electron chi connectivity index (χ3n) is 4.17. The van der Waals surface area contributed by atoms with Gasteiger partial charge in [-0.25, -0.2) is 0 Å². The van der Waals surface area contributed by atoms with Crippen LogP contribution in [0.15, 0.2) is 60.7 Å². The number of benzene rings is 3. The second kappa shape index (κ2) is 7.28. The Kier molecular flexibility index (Phi) is 4.91. The zero-order chi connectivity index (χ0) is 17.8. The molecule has 3 aromatic rings. The lowest BCUT2D eigenvalue weighted by Crippen LogP contribution is -1.98. The van der Waals surface area contributed by atoms with Crippen molar-refractivity contribution >= 4 is 0 Å². The molecule has 4 N–H and O–H groups in total. The van der Waals surface area contributed by atoms with Gasteiger partial charge >= 0.3 is 0 Å². The van der Waals surface area contributed by atoms with Crippen LogP contribution in [0.4, 0.5) is 0 Å². The molecule has 0 fully saturated rings. The monoisotopic (exact) mass is 336 g/mol. The van der Waals surface area contributed by atoms with E-state index in [0.29, 0.717) is 12.8 Å². The number of hydrogen-bond donors (Lipinski definition) is 4. The summed E-state index contributed by atoms with van der Waals surface area (Å²) >= 11 is 0. The van der Waals surface area contributed by atoms with Gasteiger partial charge in [0.2, 0.25) is 0 Å². The van der Waals surface area contributed by atoms with Gasteiger partial charge in [0.15, 0.2) is 0 Å². The highest BCUT2D eigenvalue weighted by molar-refractivity contribution is 5.48. The van der Waals surface area contributed by atoms with Gasteiger partial charge in [-0.2, -0.15) is 0 Å². The van der Waals surface area contributed by atoms with Crippen molar-refractivity contribution in [3.63, 3.8) is 0 Å². The van der Waals surface area contributed by atoms with Crippen molar-refractivity contribution in [2.24, 2.45) is 0 Å². The van der Waals surface area contributed by atoms with E-state index in [9.17, 15) is 20.4 Å². The van der Waals surface area contributed by atoms with Crippen LogP contribution in [0, 0.1) is 0 Å². The molecule has 3 rings (SSSR count). The molecule has 0 aliphatic rings. The number of aliphatic hydroxyl groups excluding tert-OH is 1. The van der Waals surface area contributed by atoms with Crippen LogP contribution in [0.25, 0.3) is 0 Å². The summed E-state index contributed by atoms with van der Waals surface area (Å²) < 4.78 is 0. The largest absolute Gasteiger partial charge is 0.508 e. The molecular weight excluding hydrogens is 316 g/mol. The number of hydrogen-bond acceptors (Lipinski definition) is 4. The number of phenols is 3. The van der Waals surface area contributed by atoms with Crippen molar-refractivity contribution in [3.05, 3.63) is 88.5 Å². The van der Waals surface area contributed by atoms with Gasteiger partial charge in [0.1, 0.15) is 17.2 Å². The van der Waals surface area contributed by atoms with Crippen molar-refractivity contribution < 1.29 is 20.4 Å². The summed E-state index contributed by atoms with van der Waals surface area (Å²) in [6, 6.07) is 17.3. The predicted octanol–water partition coefficient (Wildman–Crippen LogP) is 3.48. The summed E-state index contributed by atoms with van der Waals surface area (Å²) in [5, 5.41) is 39.0. The molecule has 0 aromatic heterocycles. The van der Waals surface area contributed by atoms with Gasteiger partial charge in [-0.3, -0.25) is 0 Å². The van der Waals surface area contributed by atoms with Crippen molar-refractivity contribution in [3.8, 4) is 17.2 Å². The normalized spacial score (nSPS) is 10.8. The zero-order valence-electron chi connectivity index (χ0n) is 13.7. The first-order valence-electron chi connectivity index (χ1n) is 8.05. The predicted molar refractivity (Wildman–Crippen MR) is 95.9 cm³/mol. The third-order valence-corrected chi connectivity index (χ3v) is 4.17. The first-order chi connectivity index (χ1) is 12.0. The average molecular weight is 336 g/mol. The molecule has 0 spiro atoms. The van der Waals surface area contributed by atoms with E-state index in [0.717, 1.165) is 27.8 Å².